The van der Waals surface area contributed by atoms with E-state index >= 15 is 0 Å². The number of carboxylic acid groups (broad SMARTS) is 1. The monoisotopic (exact) mass is 255 g/mol. The van der Waals surface area contributed by atoms with Gasteiger partial charge in [-0.1, -0.05) is 0 Å². The summed E-state index contributed by atoms with van der Waals surface area (Å²) in [6.07, 6.45) is 3.80. The smallest absolute Gasteiger partial charge is 0.345 e. The van der Waals surface area contributed by atoms with Crippen LogP contribution in [0.1, 0.15) is 33.8 Å². The largest absolute Gasteiger partial charge is 0.477 e. The van der Waals surface area contributed by atoms with Crippen LogP contribution in [-0.4, -0.2) is 30.3 Å². The van der Waals surface area contributed by atoms with E-state index in [0.717, 1.165) is 31.0 Å². The van der Waals surface area contributed by atoms with Crippen LogP contribution in [0, 0.1) is 0 Å². The highest BCUT2D eigenvalue weighted by molar-refractivity contribution is 7.13. The summed E-state index contributed by atoms with van der Waals surface area (Å²) < 4.78 is 5.53. The Morgan fingerprint density at radius 3 is 3.12 bits per heavy atom. The van der Waals surface area contributed by atoms with Gasteiger partial charge in [0, 0.05) is 18.0 Å². The summed E-state index contributed by atoms with van der Waals surface area (Å²) in [5.41, 5.74) is 0. The molecular formula is C12H17NO3S. The van der Waals surface area contributed by atoms with E-state index in [9.17, 15) is 4.79 Å². The molecule has 1 aromatic rings. The molecular weight excluding hydrogens is 238 g/mol. The van der Waals surface area contributed by atoms with E-state index in [2.05, 4.69) is 5.32 Å². The van der Waals surface area contributed by atoms with Gasteiger partial charge in [0.15, 0.2) is 0 Å². The summed E-state index contributed by atoms with van der Waals surface area (Å²) >= 11 is 1.33. The van der Waals surface area contributed by atoms with Crippen LogP contribution in [0.5, 0.6) is 0 Å². The van der Waals surface area contributed by atoms with Gasteiger partial charge >= 0.3 is 5.97 Å². The van der Waals surface area contributed by atoms with Crippen LogP contribution in [0.2, 0.25) is 0 Å². The van der Waals surface area contributed by atoms with Gasteiger partial charge in [-0.25, -0.2) is 4.79 Å². The van der Waals surface area contributed by atoms with Gasteiger partial charge in [-0.2, -0.15) is 0 Å². The minimum atomic E-state index is -0.847. The second-order valence-corrected chi connectivity index (χ2v) is 5.34. The van der Waals surface area contributed by atoms with Gasteiger partial charge in [0.25, 0.3) is 0 Å². The normalized spacial score (nSPS) is 19.6. The Bertz CT molecular complexity index is 372. The fraction of sp³-hybridized carbons (Fsp3) is 0.583. The number of aromatic carboxylic acids is 1. The Balaban J connectivity index is 1.65. The summed E-state index contributed by atoms with van der Waals surface area (Å²) in [6.45, 7) is 2.56. The fourth-order valence-corrected chi connectivity index (χ4v) is 2.75. The molecule has 2 rings (SSSR count). The first-order chi connectivity index (χ1) is 8.25. The van der Waals surface area contributed by atoms with Gasteiger partial charge in [0.05, 0.1) is 6.10 Å². The lowest BCUT2D eigenvalue weighted by Crippen LogP contribution is -2.19. The average molecular weight is 255 g/mol. The highest BCUT2D eigenvalue weighted by atomic mass is 32.1. The summed E-state index contributed by atoms with van der Waals surface area (Å²) in [5.74, 6) is -0.847. The molecule has 1 aliphatic heterocycles. The van der Waals surface area contributed by atoms with Gasteiger partial charge in [0.2, 0.25) is 0 Å². The first-order valence-electron chi connectivity index (χ1n) is 5.90. The maximum absolute atomic E-state index is 10.7. The van der Waals surface area contributed by atoms with E-state index < -0.39 is 5.97 Å². The van der Waals surface area contributed by atoms with E-state index in [1.807, 2.05) is 6.07 Å². The minimum absolute atomic E-state index is 0.404. The van der Waals surface area contributed by atoms with Crippen molar-refractivity contribution >= 4 is 17.3 Å². The number of hydrogen-bond acceptors (Lipinski definition) is 4. The predicted octanol–water partition coefficient (Wildman–Crippen LogP) is 2.10. The molecule has 1 aliphatic rings. The fourth-order valence-electron chi connectivity index (χ4n) is 1.93. The zero-order chi connectivity index (χ0) is 12.1. The topological polar surface area (TPSA) is 58.6 Å². The van der Waals surface area contributed by atoms with Crippen LogP contribution in [0.4, 0.5) is 0 Å². The molecule has 0 aliphatic carbocycles. The molecule has 1 atom stereocenters. The highest BCUT2D eigenvalue weighted by Crippen LogP contribution is 2.17. The van der Waals surface area contributed by atoms with Crippen molar-refractivity contribution in [3.8, 4) is 0 Å². The lowest BCUT2D eigenvalue weighted by molar-refractivity contribution is 0.0702. The number of hydrogen-bond donors (Lipinski definition) is 2. The van der Waals surface area contributed by atoms with Crippen LogP contribution in [0.3, 0.4) is 0 Å². The third-order valence-corrected chi connectivity index (χ3v) is 3.91. The van der Waals surface area contributed by atoms with Crippen molar-refractivity contribution in [2.75, 3.05) is 13.2 Å². The molecule has 17 heavy (non-hydrogen) atoms. The quantitative estimate of drug-likeness (QED) is 0.764. The van der Waals surface area contributed by atoms with Gasteiger partial charge in [0.1, 0.15) is 4.88 Å². The molecule has 0 radical (unpaired) electrons. The summed E-state index contributed by atoms with van der Waals surface area (Å²) in [4.78, 5) is 12.2. The van der Waals surface area contributed by atoms with Crippen LogP contribution in [0.25, 0.3) is 0 Å². The van der Waals surface area contributed by atoms with Crippen molar-refractivity contribution < 1.29 is 14.6 Å². The van der Waals surface area contributed by atoms with Gasteiger partial charge in [-0.3, -0.25) is 0 Å². The van der Waals surface area contributed by atoms with Gasteiger partial charge in [-0.05, 0) is 37.9 Å². The molecule has 1 aromatic heterocycles. The van der Waals surface area contributed by atoms with Crippen molar-refractivity contribution in [3.05, 3.63) is 21.9 Å². The molecule has 1 saturated heterocycles. The first-order valence-corrected chi connectivity index (χ1v) is 6.71. The SMILES string of the molecule is O=C(O)c1ccc(CNCCC2CCCO2)s1. The van der Waals surface area contributed by atoms with Crippen LogP contribution in [-0.2, 0) is 11.3 Å². The van der Waals surface area contributed by atoms with Crippen molar-refractivity contribution in [1.82, 2.24) is 5.32 Å². The molecule has 2 heterocycles. The first kappa shape index (κ1) is 12.5. The maximum atomic E-state index is 10.7. The van der Waals surface area contributed by atoms with E-state index in [1.165, 1.54) is 24.2 Å². The van der Waals surface area contributed by atoms with Gasteiger partial charge < -0.3 is 15.2 Å². The molecule has 0 bridgehead atoms. The standard InChI is InChI=1S/C12H17NO3S/c14-12(15)11-4-3-10(17-11)8-13-6-5-9-2-1-7-16-9/h3-4,9,13H,1-2,5-8H2,(H,14,15). The molecule has 0 amide bonds. The van der Waals surface area contributed by atoms with Crippen LogP contribution >= 0.6 is 11.3 Å². The molecule has 2 N–H and O–H groups in total. The summed E-state index contributed by atoms with van der Waals surface area (Å²) in [6, 6.07) is 3.53. The van der Waals surface area contributed by atoms with Gasteiger partial charge in [-0.15, -0.1) is 11.3 Å². The molecule has 0 aromatic carbocycles. The zero-order valence-corrected chi connectivity index (χ0v) is 10.5. The van der Waals surface area contributed by atoms with E-state index in [-0.39, 0.29) is 0 Å². The summed E-state index contributed by atoms with van der Waals surface area (Å²) in [5, 5.41) is 12.1. The van der Waals surface area contributed by atoms with Crippen molar-refractivity contribution in [2.24, 2.45) is 0 Å². The van der Waals surface area contributed by atoms with Crippen LogP contribution < -0.4 is 5.32 Å². The number of nitrogens with one attached hydrogen (secondary N) is 1. The Labute approximate surface area is 105 Å². The molecule has 4 nitrogen and oxygen atoms in total. The molecule has 5 heteroatoms. The number of rotatable bonds is 6. The second-order valence-electron chi connectivity index (χ2n) is 4.17. The van der Waals surface area contributed by atoms with Crippen molar-refractivity contribution in [2.45, 2.75) is 31.9 Å². The summed E-state index contributed by atoms with van der Waals surface area (Å²) in [7, 11) is 0. The van der Waals surface area contributed by atoms with E-state index in [0.29, 0.717) is 11.0 Å². The minimum Gasteiger partial charge on any atom is -0.477 e. The number of ether oxygens (including phenoxy) is 1. The lowest BCUT2D eigenvalue weighted by Gasteiger charge is -2.09. The predicted molar refractivity (Wildman–Crippen MR) is 66.6 cm³/mol. The molecule has 0 saturated carbocycles. The van der Waals surface area contributed by atoms with Crippen LogP contribution in [0.15, 0.2) is 12.1 Å². The Kier molecular flexibility index (Phi) is 4.53. The number of thiophene rings is 1. The number of carbonyl (C=O) groups is 1. The van der Waals surface area contributed by atoms with E-state index in [1.54, 1.807) is 6.07 Å². The maximum Gasteiger partial charge on any atom is 0.345 e. The molecule has 94 valence electrons. The number of carboxylic acids is 1. The van der Waals surface area contributed by atoms with Crippen molar-refractivity contribution in [1.29, 1.82) is 0 Å². The van der Waals surface area contributed by atoms with Crippen molar-refractivity contribution in [3.63, 3.8) is 0 Å². The third-order valence-electron chi connectivity index (χ3n) is 2.84. The third kappa shape index (κ3) is 3.80. The molecule has 1 unspecified atom stereocenters. The Morgan fingerprint density at radius 1 is 1.59 bits per heavy atom. The average Bonchev–Trinajstić information content (AvgIpc) is 2.96. The van der Waals surface area contributed by atoms with E-state index in [4.69, 9.17) is 9.84 Å². The highest BCUT2D eigenvalue weighted by Gasteiger charge is 2.14. The Morgan fingerprint density at radius 2 is 2.47 bits per heavy atom. The lowest BCUT2D eigenvalue weighted by atomic mass is 10.2. The molecule has 0 spiro atoms. The Hall–Kier alpha value is -0.910. The second kappa shape index (κ2) is 6.14. The zero-order valence-electron chi connectivity index (χ0n) is 9.65. The molecule has 1 fully saturated rings.